The molecular formula is C11H22N2O. The summed E-state index contributed by atoms with van der Waals surface area (Å²) in [6, 6.07) is 0.424. The van der Waals surface area contributed by atoms with Crippen molar-refractivity contribution in [3.05, 3.63) is 0 Å². The highest BCUT2D eigenvalue weighted by Crippen LogP contribution is 2.33. The maximum atomic E-state index is 5.92. The highest BCUT2D eigenvalue weighted by atomic mass is 16.5. The van der Waals surface area contributed by atoms with E-state index in [-0.39, 0.29) is 5.54 Å². The zero-order valence-electron chi connectivity index (χ0n) is 9.33. The summed E-state index contributed by atoms with van der Waals surface area (Å²) < 4.78 is 5.68. The summed E-state index contributed by atoms with van der Waals surface area (Å²) in [7, 11) is 0. The van der Waals surface area contributed by atoms with Crippen LogP contribution in [-0.2, 0) is 4.74 Å². The molecule has 0 aromatic heterocycles. The molecule has 3 nitrogen and oxygen atoms in total. The Labute approximate surface area is 86.6 Å². The number of piperidine rings is 1. The Morgan fingerprint density at radius 3 is 2.50 bits per heavy atom. The predicted octanol–water partition coefficient (Wildman–Crippen LogP) is 0.977. The molecule has 3 heteroatoms. The second kappa shape index (κ2) is 3.80. The van der Waals surface area contributed by atoms with Crippen LogP contribution in [0.1, 0.15) is 33.1 Å². The van der Waals surface area contributed by atoms with Crippen LogP contribution in [0.3, 0.4) is 0 Å². The molecule has 2 N–H and O–H groups in total. The van der Waals surface area contributed by atoms with Gasteiger partial charge in [0.1, 0.15) is 0 Å². The molecule has 0 bridgehead atoms. The van der Waals surface area contributed by atoms with Crippen LogP contribution in [-0.4, -0.2) is 42.3 Å². The van der Waals surface area contributed by atoms with Gasteiger partial charge in [-0.15, -0.1) is 0 Å². The molecule has 2 fully saturated rings. The van der Waals surface area contributed by atoms with Gasteiger partial charge in [-0.25, -0.2) is 0 Å². The molecule has 2 atom stereocenters. The number of nitrogens with two attached hydrogens (primary N) is 1. The molecule has 0 aromatic carbocycles. The first-order valence-corrected chi connectivity index (χ1v) is 5.75. The van der Waals surface area contributed by atoms with Gasteiger partial charge >= 0.3 is 0 Å². The van der Waals surface area contributed by atoms with Gasteiger partial charge in [0.2, 0.25) is 0 Å². The smallest absolute Gasteiger partial charge is 0.0728 e. The molecule has 2 aliphatic rings. The van der Waals surface area contributed by atoms with E-state index in [1.54, 1.807) is 0 Å². The van der Waals surface area contributed by atoms with Crippen LogP contribution in [0.15, 0.2) is 0 Å². The van der Waals surface area contributed by atoms with Crippen molar-refractivity contribution in [3.8, 4) is 0 Å². The minimum absolute atomic E-state index is 0.264. The van der Waals surface area contributed by atoms with E-state index in [1.165, 1.54) is 6.42 Å². The quantitative estimate of drug-likeness (QED) is 0.682. The van der Waals surface area contributed by atoms with E-state index >= 15 is 0 Å². The van der Waals surface area contributed by atoms with E-state index in [1.807, 2.05) is 0 Å². The maximum Gasteiger partial charge on any atom is 0.0728 e. The van der Waals surface area contributed by atoms with Gasteiger partial charge in [0.25, 0.3) is 0 Å². The highest BCUT2D eigenvalue weighted by molar-refractivity contribution is 4.97. The molecule has 0 saturated carbocycles. The third-order valence-corrected chi connectivity index (χ3v) is 4.11. The average Bonchev–Trinajstić information content (AvgIpc) is 2.49. The second-order valence-electron chi connectivity index (χ2n) is 4.94. The van der Waals surface area contributed by atoms with Gasteiger partial charge in [-0.1, -0.05) is 0 Å². The van der Waals surface area contributed by atoms with Crippen LogP contribution in [0.25, 0.3) is 0 Å². The van der Waals surface area contributed by atoms with E-state index in [2.05, 4.69) is 18.7 Å². The van der Waals surface area contributed by atoms with E-state index in [4.69, 9.17) is 10.5 Å². The molecule has 14 heavy (non-hydrogen) atoms. The van der Waals surface area contributed by atoms with E-state index in [0.29, 0.717) is 12.1 Å². The summed E-state index contributed by atoms with van der Waals surface area (Å²) in [6.07, 6.45) is 3.82. The van der Waals surface area contributed by atoms with Gasteiger partial charge in [0, 0.05) is 31.3 Å². The minimum Gasteiger partial charge on any atom is -0.377 e. The summed E-state index contributed by atoms with van der Waals surface area (Å²) in [5, 5.41) is 0. The molecule has 2 unspecified atom stereocenters. The Balaban J connectivity index is 2.00. The number of nitrogens with zero attached hydrogens (tertiary/aromatic N) is 1. The van der Waals surface area contributed by atoms with Crippen LogP contribution < -0.4 is 5.73 Å². The Kier molecular flexibility index (Phi) is 2.82. The number of rotatable bonds is 1. The fraction of sp³-hybridized carbons (Fsp3) is 1.00. The zero-order valence-corrected chi connectivity index (χ0v) is 9.33. The molecule has 0 aliphatic carbocycles. The monoisotopic (exact) mass is 198 g/mol. The SMILES string of the molecule is CC1OCCC1(C)N1CCC(N)CC1. The third-order valence-electron chi connectivity index (χ3n) is 4.11. The summed E-state index contributed by atoms with van der Waals surface area (Å²) in [5.41, 5.74) is 6.18. The fourth-order valence-electron chi connectivity index (χ4n) is 2.65. The Bertz CT molecular complexity index is 201. The van der Waals surface area contributed by atoms with Crippen molar-refractivity contribution in [2.45, 2.75) is 50.8 Å². The molecule has 2 rings (SSSR count). The van der Waals surface area contributed by atoms with Crippen molar-refractivity contribution >= 4 is 0 Å². The molecule has 0 radical (unpaired) electrons. The minimum atomic E-state index is 0.264. The normalized spacial score (nSPS) is 41.8. The van der Waals surface area contributed by atoms with E-state index in [0.717, 1.165) is 32.5 Å². The summed E-state index contributed by atoms with van der Waals surface area (Å²) in [5.74, 6) is 0. The lowest BCUT2D eigenvalue weighted by Gasteiger charge is -2.44. The fourth-order valence-corrected chi connectivity index (χ4v) is 2.65. The lowest BCUT2D eigenvalue weighted by molar-refractivity contribution is 0.00788. The molecular weight excluding hydrogens is 176 g/mol. The third kappa shape index (κ3) is 1.69. The van der Waals surface area contributed by atoms with Crippen molar-refractivity contribution in [1.82, 2.24) is 4.90 Å². The van der Waals surface area contributed by atoms with Crippen molar-refractivity contribution in [2.24, 2.45) is 5.73 Å². The van der Waals surface area contributed by atoms with Gasteiger partial charge in [0.15, 0.2) is 0 Å². The van der Waals surface area contributed by atoms with Crippen LogP contribution in [0.4, 0.5) is 0 Å². The number of likely N-dealkylation sites (tertiary alicyclic amines) is 1. The number of ether oxygens (including phenoxy) is 1. The topological polar surface area (TPSA) is 38.5 Å². The van der Waals surface area contributed by atoms with Gasteiger partial charge in [-0.2, -0.15) is 0 Å². The van der Waals surface area contributed by atoms with Crippen molar-refractivity contribution < 1.29 is 4.74 Å². The molecule has 82 valence electrons. The van der Waals surface area contributed by atoms with Crippen LogP contribution in [0.5, 0.6) is 0 Å². The molecule has 2 aliphatic heterocycles. The lowest BCUT2D eigenvalue weighted by atomic mass is 9.89. The Hall–Kier alpha value is -0.120. The maximum absolute atomic E-state index is 5.92. The summed E-state index contributed by atoms with van der Waals surface area (Å²) in [4.78, 5) is 2.58. The Morgan fingerprint density at radius 2 is 2.00 bits per heavy atom. The van der Waals surface area contributed by atoms with Crippen molar-refractivity contribution in [1.29, 1.82) is 0 Å². The van der Waals surface area contributed by atoms with Gasteiger partial charge in [0.05, 0.1) is 6.10 Å². The summed E-state index contributed by atoms with van der Waals surface area (Å²) in [6.45, 7) is 7.74. The predicted molar refractivity (Wildman–Crippen MR) is 57.2 cm³/mol. The molecule has 0 aromatic rings. The number of hydrogen-bond donors (Lipinski definition) is 1. The molecule has 2 heterocycles. The van der Waals surface area contributed by atoms with Crippen LogP contribution >= 0.6 is 0 Å². The van der Waals surface area contributed by atoms with E-state index < -0.39 is 0 Å². The standard InChI is InChI=1S/C11H22N2O/c1-9-11(2,5-8-14-9)13-6-3-10(12)4-7-13/h9-10H,3-8,12H2,1-2H3. The first-order chi connectivity index (χ1) is 6.63. The van der Waals surface area contributed by atoms with Gasteiger partial charge in [-0.3, -0.25) is 4.90 Å². The summed E-state index contributed by atoms with van der Waals surface area (Å²) >= 11 is 0. The van der Waals surface area contributed by atoms with Crippen molar-refractivity contribution in [3.63, 3.8) is 0 Å². The van der Waals surface area contributed by atoms with Gasteiger partial charge in [-0.05, 0) is 33.1 Å². The molecule has 0 spiro atoms. The largest absolute Gasteiger partial charge is 0.377 e. The zero-order chi connectivity index (χ0) is 10.2. The highest BCUT2D eigenvalue weighted by Gasteiger charge is 2.42. The van der Waals surface area contributed by atoms with Crippen LogP contribution in [0, 0.1) is 0 Å². The second-order valence-corrected chi connectivity index (χ2v) is 4.94. The Morgan fingerprint density at radius 1 is 1.36 bits per heavy atom. The first kappa shape index (κ1) is 10.4. The lowest BCUT2D eigenvalue weighted by Crippen LogP contribution is -2.55. The van der Waals surface area contributed by atoms with E-state index in [9.17, 15) is 0 Å². The van der Waals surface area contributed by atoms with Crippen LogP contribution in [0.2, 0.25) is 0 Å². The molecule has 2 saturated heterocycles. The van der Waals surface area contributed by atoms with Gasteiger partial charge < -0.3 is 10.5 Å². The average molecular weight is 198 g/mol. The van der Waals surface area contributed by atoms with Crippen molar-refractivity contribution in [2.75, 3.05) is 19.7 Å². The molecule has 0 amide bonds. The first-order valence-electron chi connectivity index (χ1n) is 5.75. The number of hydrogen-bond acceptors (Lipinski definition) is 3.